The highest BCUT2D eigenvalue weighted by Gasteiger charge is 2.23. The highest BCUT2D eigenvalue weighted by atomic mass is 32.1. The molecule has 0 bridgehead atoms. The zero-order chi connectivity index (χ0) is 17.2. The van der Waals surface area contributed by atoms with Crippen LogP contribution in [-0.4, -0.2) is 23.3 Å². The topological polar surface area (TPSA) is 62.6 Å². The van der Waals surface area contributed by atoms with E-state index in [2.05, 4.69) is 17.4 Å². The van der Waals surface area contributed by atoms with E-state index in [1.165, 1.54) is 28.7 Å². The molecule has 0 saturated carbocycles. The van der Waals surface area contributed by atoms with Crippen molar-refractivity contribution in [3.8, 4) is 0 Å². The van der Waals surface area contributed by atoms with Crippen molar-refractivity contribution in [3.05, 3.63) is 76.6 Å². The van der Waals surface area contributed by atoms with E-state index in [-0.39, 0.29) is 17.6 Å². The van der Waals surface area contributed by atoms with Crippen LogP contribution in [0.15, 0.2) is 59.2 Å². The Balaban J connectivity index is 1.45. The fourth-order valence-electron chi connectivity index (χ4n) is 2.93. The van der Waals surface area contributed by atoms with Gasteiger partial charge in [0.2, 0.25) is 0 Å². The Morgan fingerprint density at radius 2 is 1.88 bits per heavy atom. The number of furan rings is 1. The number of rotatable bonds is 3. The third-order valence-corrected chi connectivity index (χ3v) is 5.21. The van der Waals surface area contributed by atoms with Gasteiger partial charge in [-0.2, -0.15) is 0 Å². The Kier molecular flexibility index (Phi) is 4.11. The van der Waals surface area contributed by atoms with Gasteiger partial charge in [0.1, 0.15) is 0 Å². The second-order valence-electron chi connectivity index (χ2n) is 5.84. The first-order valence-corrected chi connectivity index (χ1v) is 8.83. The standard InChI is InChI=1S/C19H16N2O3S/c22-18(15-6-3-11-24-15)20-17-8-7-16(25-17)19(23)21-10-9-13-4-1-2-5-14(13)12-21/h1-8,11H,9-10,12H2,(H,20,22). The first-order valence-electron chi connectivity index (χ1n) is 8.01. The molecule has 0 unspecified atom stereocenters. The van der Waals surface area contributed by atoms with E-state index in [1.807, 2.05) is 17.0 Å². The predicted molar refractivity (Wildman–Crippen MR) is 95.9 cm³/mol. The van der Waals surface area contributed by atoms with Crippen LogP contribution >= 0.6 is 11.3 Å². The van der Waals surface area contributed by atoms with Crippen LogP contribution in [0.2, 0.25) is 0 Å². The van der Waals surface area contributed by atoms with Crippen molar-refractivity contribution >= 4 is 28.2 Å². The van der Waals surface area contributed by atoms with Crippen LogP contribution in [-0.2, 0) is 13.0 Å². The van der Waals surface area contributed by atoms with Gasteiger partial charge in [-0.25, -0.2) is 0 Å². The fraction of sp³-hybridized carbons (Fsp3) is 0.158. The molecule has 2 aromatic heterocycles. The van der Waals surface area contributed by atoms with Gasteiger partial charge in [0, 0.05) is 13.1 Å². The molecule has 6 heteroatoms. The molecular formula is C19H16N2O3S. The normalized spacial score (nSPS) is 13.4. The molecule has 3 aromatic rings. The molecule has 1 N–H and O–H groups in total. The number of nitrogens with zero attached hydrogens (tertiary/aromatic N) is 1. The minimum absolute atomic E-state index is 0.00185. The van der Waals surface area contributed by atoms with E-state index in [4.69, 9.17) is 4.42 Å². The number of carbonyl (C=O) groups is 2. The molecule has 25 heavy (non-hydrogen) atoms. The summed E-state index contributed by atoms with van der Waals surface area (Å²) in [7, 11) is 0. The van der Waals surface area contributed by atoms with E-state index in [0.717, 1.165) is 6.42 Å². The maximum atomic E-state index is 12.7. The number of anilines is 1. The van der Waals surface area contributed by atoms with Crippen molar-refractivity contribution in [1.82, 2.24) is 4.90 Å². The highest BCUT2D eigenvalue weighted by Crippen LogP contribution is 2.26. The molecule has 0 atom stereocenters. The Bertz CT molecular complexity index is 914. The third kappa shape index (κ3) is 3.21. The van der Waals surface area contributed by atoms with Gasteiger partial charge < -0.3 is 14.6 Å². The lowest BCUT2D eigenvalue weighted by Gasteiger charge is -2.28. The zero-order valence-corrected chi connectivity index (χ0v) is 14.2. The maximum Gasteiger partial charge on any atom is 0.291 e. The molecule has 126 valence electrons. The summed E-state index contributed by atoms with van der Waals surface area (Å²) in [5.41, 5.74) is 2.51. The van der Waals surface area contributed by atoms with E-state index >= 15 is 0 Å². The number of hydrogen-bond acceptors (Lipinski definition) is 4. The number of fused-ring (bicyclic) bond motifs is 1. The van der Waals surface area contributed by atoms with Gasteiger partial charge in [-0.3, -0.25) is 9.59 Å². The second-order valence-corrected chi connectivity index (χ2v) is 6.92. The molecule has 3 heterocycles. The van der Waals surface area contributed by atoms with E-state index in [9.17, 15) is 9.59 Å². The third-order valence-electron chi connectivity index (χ3n) is 4.22. The SMILES string of the molecule is O=C(Nc1ccc(C(=O)N2CCc3ccccc3C2)s1)c1ccco1. The van der Waals surface area contributed by atoms with Crippen molar-refractivity contribution in [1.29, 1.82) is 0 Å². The summed E-state index contributed by atoms with van der Waals surface area (Å²) in [5, 5.41) is 3.38. The average molecular weight is 352 g/mol. The van der Waals surface area contributed by atoms with Gasteiger partial charge in [0.25, 0.3) is 11.8 Å². The van der Waals surface area contributed by atoms with E-state index < -0.39 is 0 Å². The summed E-state index contributed by atoms with van der Waals surface area (Å²) >= 11 is 1.28. The molecule has 5 nitrogen and oxygen atoms in total. The summed E-state index contributed by atoms with van der Waals surface area (Å²) < 4.78 is 5.07. The molecule has 0 spiro atoms. The molecule has 0 fully saturated rings. The number of benzene rings is 1. The van der Waals surface area contributed by atoms with Crippen molar-refractivity contribution in [2.75, 3.05) is 11.9 Å². The molecule has 0 radical (unpaired) electrons. The van der Waals surface area contributed by atoms with Gasteiger partial charge in [-0.1, -0.05) is 24.3 Å². The lowest BCUT2D eigenvalue weighted by atomic mass is 10.00. The lowest BCUT2D eigenvalue weighted by molar-refractivity contribution is 0.0739. The zero-order valence-electron chi connectivity index (χ0n) is 13.4. The van der Waals surface area contributed by atoms with Crippen LogP contribution in [0.5, 0.6) is 0 Å². The molecule has 2 amide bonds. The highest BCUT2D eigenvalue weighted by molar-refractivity contribution is 7.18. The first-order chi connectivity index (χ1) is 12.2. The molecule has 4 rings (SSSR count). The van der Waals surface area contributed by atoms with Crippen LogP contribution < -0.4 is 5.32 Å². The molecule has 1 aliphatic heterocycles. The molecule has 1 aliphatic rings. The van der Waals surface area contributed by atoms with Crippen LogP contribution in [0, 0.1) is 0 Å². The Hall–Kier alpha value is -2.86. The van der Waals surface area contributed by atoms with Crippen LogP contribution in [0.1, 0.15) is 31.4 Å². The van der Waals surface area contributed by atoms with Crippen LogP contribution in [0.4, 0.5) is 5.00 Å². The Labute approximate surface area is 148 Å². The number of nitrogens with one attached hydrogen (secondary N) is 1. The summed E-state index contributed by atoms with van der Waals surface area (Å²) in [6, 6.07) is 15.0. The molecule has 0 aliphatic carbocycles. The Morgan fingerprint density at radius 3 is 2.68 bits per heavy atom. The first kappa shape index (κ1) is 15.7. The number of thiophene rings is 1. The largest absolute Gasteiger partial charge is 0.459 e. The van der Waals surface area contributed by atoms with Crippen molar-refractivity contribution in [3.63, 3.8) is 0 Å². The summed E-state index contributed by atoms with van der Waals surface area (Å²) in [6.45, 7) is 1.34. The minimum Gasteiger partial charge on any atom is -0.459 e. The number of hydrogen-bond donors (Lipinski definition) is 1. The van der Waals surface area contributed by atoms with Crippen LogP contribution in [0.25, 0.3) is 0 Å². The number of carbonyl (C=O) groups excluding carboxylic acids is 2. The van der Waals surface area contributed by atoms with Crippen molar-refractivity contribution in [2.45, 2.75) is 13.0 Å². The van der Waals surface area contributed by atoms with Gasteiger partial charge in [0.15, 0.2) is 5.76 Å². The van der Waals surface area contributed by atoms with E-state index in [0.29, 0.717) is 23.0 Å². The summed E-state index contributed by atoms with van der Waals surface area (Å²) in [5.74, 6) is -0.0790. The molecular weight excluding hydrogens is 336 g/mol. The van der Waals surface area contributed by atoms with Gasteiger partial charge in [-0.15, -0.1) is 11.3 Å². The summed E-state index contributed by atoms with van der Waals surface area (Å²) in [6.07, 6.45) is 2.32. The van der Waals surface area contributed by atoms with Crippen molar-refractivity contribution in [2.24, 2.45) is 0 Å². The van der Waals surface area contributed by atoms with E-state index in [1.54, 1.807) is 24.3 Å². The smallest absolute Gasteiger partial charge is 0.291 e. The second kappa shape index (κ2) is 6.57. The van der Waals surface area contributed by atoms with Gasteiger partial charge in [0.05, 0.1) is 16.1 Å². The average Bonchev–Trinajstić information content (AvgIpc) is 3.32. The molecule has 1 aromatic carbocycles. The van der Waals surface area contributed by atoms with Crippen LogP contribution in [0.3, 0.4) is 0 Å². The van der Waals surface area contributed by atoms with Gasteiger partial charge >= 0.3 is 0 Å². The fourth-order valence-corrected chi connectivity index (χ4v) is 3.80. The number of amides is 2. The van der Waals surface area contributed by atoms with Gasteiger partial charge in [-0.05, 0) is 41.8 Å². The molecule has 0 saturated heterocycles. The quantitative estimate of drug-likeness (QED) is 0.780. The Morgan fingerprint density at radius 1 is 1.04 bits per heavy atom. The van der Waals surface area contributed by atoms with Crippen molar-refractivity contribution < 1.29 is 14.0 Å². The minimum atomic E-state index is -0.322. The maximum absolute atomic E-state index is 12.7. The summed E-state index contributed by atoms with van der Waals surface area (Å²) in [4.78, 5) is 27.2. The lowest BCUT2D eigenvalue weighted by Crippen LogP contribution is -2.35. The predicted octanol–water partition coefficient (Wildman–Crippen LogP) is 3.79. The monoisotopic (exact) mass is 352 g/mol.